The van der Waals surface area contributed by atoms with Crippen LogP contribution in [0.25, 0.3) is 4.85 Å². The number of carbonyl (C=O) groups is 2. The summed E-state index contributed by atoms with van der Waals surface area (Å²) in [6, 6.07) is 1.94. The van der Waals surface area contributed by atoms with Crippen molar-refractivity contribution in [1.82, 2.24) is 9.80 Å². The summed E-state index contributed by atoms with van der Waals surface area (Å²) < 4.78 is 10.8. The van der Waals surface area contributed by atoms with Gasteiger partial charge in [0, 0.05) is 26.2 Å². The SMILES string of the molecule is [C-]#[N+]C(=CC=CN1CCN(C=CC=C(C#N)C(=O)OCC(CC)CCCC)CC1)C(=O)OCC(CC)CCCC. The topological polar surface area (TPSA) is 87.2 Å². The Labute approximate surface area is 241 Å². The first-order valence-electron chi connectivity index (χ1n) is 14.8. The van der Waals surface area contributed by atoms with Crippen molar-refractivity contribution >= 4 is 11.9 Å². The van der Waals surface area contributed by atoms with Crippen LogP contribution in [0.1, 0.15) is 79.1 Å². The smallest absolute Gasteiger partial charge is 0.348 e. The van der Waals surface area contributed by atoms with E-state index in [4.69, 9.17) is 16.0 Å². The van der Waals surface area contributed by atoms with Gasteiger partial charge >= 0.3 is 11.9 Å². The van der Waals surface area contributed by atoms with Crippen LogP contribution in [0.4, 0.5) is 0 Å². The first-order chi connectivity index (χ1) is 19.4. The molecule has 0 N–H and O–H groups in total. The van der Waals surface area contributed by atoms with Crippen molar-refractivity contribution in [2.45, 2.75) is 79.1 Å². The molecule has 2 unspecified atom stereocenters. The predicted molar refractivity (Wildman–Crippen MR) is 158 cm³/mol. The highest BCUT2D eigenvalue weighted by Gasteiger charge is 2.16. The molecule has 220 valence electrons. The minimum absolute atomic E-state index is 0.00439. The van der Waals surface area contributed by atoms with Gasteiger partial charge in [-0.1, -0.05) is 72.3 Å². The van der Waals surface area contributed by atoms with Crippen LogP contribution in [-0.2, 0) is 19.1 Å². The lowest BCUT2D eigenvalue weighted by Gasteiger charge is -2.33. The number of allylic oxidation sites excluding steroid dienone is 4. The molecule has 2 atom stereocenters. The van der Waals surface area contributed by atoms with Crippen LogP contribution in [0, 0.1) is 29.7 Å². The standard InChI is InChI=1S/C32H48N4O4/c1-6-10-14-27(8-3)25-39-31(37)29(24-33)16-12-18-35-20-22-36(23-21-35)19-13-17-30(34-5)32(38)40-26-28(9-4)15-11-7-2/h12-13,16-19,27-28H,6-11,14-15,20-23,25-26H2,1-4H3. The number of hydrogen-bond acceptors (Lipinski definition) is 7. The lowest BCUT2D eigenvalue weighted by Crippen LogP contribution is -2.41. The van der Waals surface area contributed by atoms with Crippen LogP contribution in [0.2, 0.25) is 0 Å². The number of carbonyl (C=O) groups excluding carboxylic acids is 2. The average Bonchev–Trinajstić information content (AvgIpc) is 2.98. The molecule has 1 heterocycles. The molecule has 0 aromatic heterocycles. The van der Waals surface area contributed by atoms with Gasteiger partial charge in [-0.05, 0) is 55.3 Å². The van der Waals surface area contributed by atoms with Gasteiger partial charge in [0.25, 0.3) is 5.70 Å². The second-order valence-corrected chi connectivity index (χ2v) is 10.1. The summed E-state index contributed by atoms with van der Waals surface area (Å²) in [7, 11) is 0. The molecule has 0 aliphatic carbocycles. The minimum Gasteiger partial charge on any atom is -0.470 e. The number of rotatable bonds is 18. The molecule has 1 saturated heterocycles. The lowest BCUT2D eigenvalue weighted by atomic mass is 10.0. The quantitative estimate of drug-likeness (QED) is 0.0639. The first kappa shape index (κ1) is 34.5. The Kier molecular flexibility index (Phi) is 18.4. The number of esters is 2. The fraction of sp³-hybridized carbons (Fsp3) is 0.625. The number of ether oxygens (including phenoxy) is 2. The van der Waals surface area contributed by atoms with Crippen LogP contribution >= 0.6 is 0 Å². The molecule has 0 radical (unpaired) electrons. The Morgan fingerprint density at radius 2 is 1.32 bits per heavy atom. The Morgan fingerprint density at radius 1 is 0.850 bits per heavy atom. The molecular weight excluding hydrogens is 504 g/mol. The number of nitrogens with zero attached hydrogens (tertiary/aromatic N) is 4. The van der Waals surface area contributed by atoms with Crippen LogP contribution in [0.3, 0.4) is 0 Å². The largest absolute Gasteiger partial charge is 0.470 e. The number of piperazine rings is 1. The van der Waals surface area contributed by atoms with Crippen molar-refractivity contribution in [2.24, 2.45) is 11.8 Å². The number of hydrogen-bond donors (Lipinski definition) is 0. The molecule has 1 aliphatic rings. The van der Waals surface area contributed by atoms with Gasteiger partial charge in [0.2, 0.25) is 0 Å². The fourth-order valence-corrected chi connectivity index (χ4v) is 4.19. The van der Waals surface area contributed by atoms with E-state index in [0.29, 0.717) is 25.0 Å². The number of unbranched alkanes of at least 4 members (excludes halogenated alkanes) is 2. The monoisotopic (exact) mass is 552 g/mol. The summed E-state index contributed by atoms with van der Waals surface area (Å²) in [6.45, 7) is 19.5. The predicted octanol–water partition coefficient (Wildman–Crippen LogP) is 6.40. The van der Waals surface area contributed by atoms with Crippen molar-refractivity contribution in [3.05, 3.63) is 59.4 Å². The Balaban J connectivity index is 2.52. The van der Waals surface area contributed by atoms with Crippen molar-refractivity contribution in [2.75, 3.05) is 39.4 Å². The molecule has 0 aromatic rings. The zero-order chi connectivity index (χ0) is 29.6. The van der Waals surface area contributed by atoms with Gasteiger partial charge in [-0.25, -0.2) is 9.64 Å². The molecule has 1 aliphatic heterocycles. The molecule has 40 heavy (non-hydrogen) atoms. The van der Waals surface area contributed by atoms with Crippen molar-refractivity contribution in [1.29, 1.82) is 5.26 Å². The normalized spacial score (nSPS) is 16.1. The lowest BCUT2D eigenvalue weighted by molar-refractivity contribution is -0.141. The van der Waals surface area contributed by atoms with E-state index in [1.54, 1.807) is 12.2 Å². The highest BCUT2D eigenvalue weighted by molar-refractivity contribution is 5.93. The summed E-state index contributed by atoms with van der Waals surface area (Å²) >= 11 is 0. The van der Waals surface area contributed by atoms with Gasteiger partial charge in [0.05, 0.1) is 19.8 Å². The molecule has 1 fully saturated rings. The van der Waals surface area contributed by atoms with E-state index in [0.717, 1.165) is 77.5 Å². The molecule has 1 rings (SSSR count). The third-order valence-electron chi connectivity index (χ3n) is 7.12. The number of nitriles is 1. The van der Waals surface area contributed by atoms with E-state index in [1.807, 2.05) is 18.5 Å². The molecule has 0 spiro atoms. The van der Waals surface area contributed by atoms with Gasteiger partial charge in [0.1, 0.15) is 11.6 Å². The Hall–Kier alpha value is -3.52. The molecule has 8 nitrogen and oxygen atoms in total. The van der Waals surface area contributed by atoms with Gasteiger partial charge in [-0.3, -0.25) is 4.79 Å². The maximum Gasteiger partial charge on any atom is 0.348 e. The molecule has 0 bridgehead atoms. The van der Waals surface area contributed by atoms with E-state index in [-0.39, 0.29) is 11.3 Å². The highest BCUT2D eigenvalue weighted by Crippen LogP contribution is 2.15. The maximum absolute atomic E-state index is 12.3. The Morgan fingerprint density at radius 3 is 1.75 bits per heavy atom. The zero-order valence-corrected chi connectivity index (χ0v) is 24.9. The summed E-state index contributed by atoms with van der Waals surface area (Å²) in [5.74, 6) is -0.480. The molecule has 0 aromatic carbocycles. The van der Waals surface area contributed by atoms with Crippen molar-refractivity contribution < 1.29 is 19.1 Å². The van der Waals surface area contributed by atoms with Gasteiger partial charge in [-0.2, -0.15) is 5.26 Å². The van der Waals surface area contributed by atoms with Gasteiger partial charge < -0.3 is 19.3 Å². The van der Waals surface area contributed by atoms with E-state index < -0.39 is 11.9 Å². The zero-order valence-electron chi connectivity index (χ0n) is 24.9. The van der Waals surface area contributed by atoms with E-state index in [1.165, 1.54) is 12.2 Å². The van der Waals surface area contributed by atoms with Gasteiger partial charge in [-0.15, -0.1) is 0 Å². The van der Waals surface area contributed by atoms with Crippen molar-refractivity contribution in [3.8, 4) is 6.07 Å². The summed E-state index contributed by atoms with van der Waals surface area (Å²) in [5, 5.41) is 9.37. The average molecular weight is 553 g/mol. The second-order valence-electron chi connectivity index (χ2n) is 10.1. The minimum atomic E-state index is -0.575. The summed E-state index contributed by atoms with van der Waals surface area (Å²) in [5.41, 5.74) is -0.0248. The van der Waals surface area contributed by atoms with Crippen LogP contribution in [0.5, 0.6) is 0 Å². The van der Waals surface area contributed by atoms with E-state index in [9.17, 15) is 14.9 Å². The molecule has 0 saturated carbocycles. The van der Waals surface area contributed by atoms with Crippen LogP contribution < -0.4 is 0 Å². The third kappa shape index (κ3) is 14.0. The second kappa shape index (κ2) is 21.3. The Bertz CT molecular complexity index is 884. The molecule has 0 amide bonds. The molecular formula is C32H48N4O4. The van der Waals surface area contributed by atoms with Crippen LogP contribution in [-0.4, -0.2) is 61.1 Å². The summed E-state index contributed by atoms with van der Waals surface area (Å²) in [6.07, 6.45) is 18.6. The third-order valence-corrected chi connectivity index (χ3v) is 7.12. The molecule has 8 heteroatoms. The fourth-order valence-electron chi connectivity index (χ4n) is 4.19. The van der Waals surface area contributed by atoms with E-state index >= 15 is 0 Å². The van der Waals surface area contributed by atoms with Gasteiger partial charge in [0.15, 0.2) is 0 Å². The maximum atomic E-state index is 12.3. The van der Waals surface area contributed by atoms with Crippen molar-refractivity contribution in [3.63, 3.8) is 0 Å². The van der Waals surface area contributed by atoms with E-state index in [2.05, 4.69) is 42.3 Å². The first-order valence-corrected chi connectivity index (χ1v) is 14.8. The summed E-state index contributed by atoms with van der Waals surface area (Å²) in [4.78, 5) is 32.2. The highest BCUT2D eigenvalue weighted by atomic mass is 16.5. The van der Waals surface area contributed by atoms with Crippen LogP contribution in [0.15, 0.2) is 48.0 Å².